The van der Waals surface area contributed by atoms with Gasteiger partial charge in [0.1, 0.15) is 12.7 Å². The Balaban J connectivity index is 2.81. The summed E-state index contributed by atoms with van der Waals surface area (Å²) in [6, 6.07) is 0. The Morgan fingerprint density at radius 3 is 2.77 bits per heavy atom. The molecule has 0 aliphatic carbocycles. The number of aryl methyl sites for hydroxylation is 1. The quantitative estimate of drug-likeness (QED) is 0.718. The van der Waals surface area contributed by atoms with E-state index in [1.807, 2.05) is 14.8 Å². The van der Waals surface area contributed by atoms with Crippen LogP contribution in [0, 0.1) is 6.92 Å². The SMILES string of the molecule is Bc1csc2c(C)c(C(=O)O)sc12. The molecule has 0 atom stereocenters. The van der Waals surface area contributed by atoms with Crippen molar-refractivity contribution in [3.05, 3.63) is 15.8 Å². The molecule has 2 heterocycles. The van der Waals surface area contributed by atoms with Crippen molar-refractivity contribution in [2.24, 2.45) is 0 Å². The van der Waals surface area contributed by atoms with Crippen molar-refractivity contribution in [3.63, 3.8) is 0 Å². The highest BCUT2D eigenvalue weighted by atomic mass is 32.1. The zero-order valence-corrected chi connectivity index (χ0v) is 8.88. The van der Waals surface area contributed by atoms with Crippen LogP contribution in [0.3, 0.4) is 0 Å². The molecule has 2 nitrogen and oxygen atoms in total. The molecule has 1 N–H and O–H groups in total. The fourth-order valence-corrected chi connectivity index (χ4v) is 3.68. The summed E-state index contributed by atoms with van der Waals surface area (Å²) in [7, 11) is 2.01. The Hall–Kier alpha value is -0.805. The van der Waals surface area contributed by atoms with Crippen molar-refractivity contribution in [3.8, 4) is 0 Å². The third-order valence-electron chi connectivity index (χ3n) is 2.00. The molecule has 0 amide bonds. The van der Waals surface area contributed by atoms with Crippen molar-refractivity contribution < 1.29 is 9.90 Å². The van der Waals surface area contributed by atoms with Crippen molar-refractivity contribution in [1.29, 1.82) is 0 Å². The van der Waals surface area contributed by atoms with Gasteiger partial charge in [0.15, 0.2) is 0 Å². The average molecular weight is 210 g/mol. The summed E-state index contributed by atoms with van der Waals surface area (Å²) >= 11 is 3.00. The molecule has 0 bridgehead atoms. The topological polar surface area (TPSA) is 37.3 Å². The van der Waals surface area contributed by atoms with E-state index in [0.717, 1.165) is 15.0 Å². The summed E-state index contributed by atoms with van der Waals surface area (Å²) in [5.74, 6) is -0.815. The number of carboxylic acid groups (broad SMARTS) is 1. The first kappa shape index (κ1) is 8.78. The van der Waals surface area contributed by atoms with Gasteiger partial charge < -0.3 is 5.11 Å². The van der Waals surface area contributed by atoms with E-state index in [4.69, 9.17) is 5.11 Å². The maximum Gasteiger partial charge on any atom is 0.346 e. The second kappa shape index (κ2) is 2.85. The van der Waals surface area contributed by atoms with Gasteiger partial charge in [-0.3, -0.25) is 0 Å². The second-order valence-corrected chi connectivity index (χ2v) is 4.84. The normalized spacial score (nSPS) is 10.8. The monoisotopic (exact) mass is 210 g/mol. The molecule has 66 valence electrons. The van der Waals surface area contributed by atoms with Crippen LogP contribution >= 0.6 is 22.7 Å². The molecule has 0 aliphatic rings. The second-order valence-electron chi connectivity index (χ2n) is 2.94. The highest BCUT2D eigenvalue weighted by Gasteiger charge is 2.16. The van der Waals surface area contributed by atoms with Gasteiger partial charge in [0.05, 0.1) is 0 Å². The zero-order valence-electron chi connectivity index (χ0n) is 7.25. The van der Waals surface area contributed by atoms with Gasteiger partial charge in [0.25, 0.3) is 0 Å². The van der Waals surface area contributed by atoms with E-state index in [2.05, 4.69) is 5.38 Å². The standard InChI is InChI=1S/C8H7BO2S2/c1-3-5-7(4(9)2-12-5)13-6(3)8(10)11/h2H,9H2,1H3,(H,10,11). The number of hydrogen-bond acceptors (Lipinski definition) is 3. The molecule has 2 aromatic rings. The first-order valence-electron chi connectivity index (χ1n) is 3.81. The van der Waals surface area contributed by atoms with E-state index < -0.39 is 5.97 Å². The molecular weight excluding hydrogens is 203 g/mol. The van der Waals surface area contributed by atoms with Gasteiger partial charge in [-0.15, -0.1) is 22.7 Å². The van der Waals surface area contributed by atoms with Gasteiger partial charge >= 0.3 is 5.97 Å². The predicted octanol–water partition coefficient (Wildman–Crippen LogP) is 1.23. The molecule has 13 heavy (non-hydrogen) atoms. The summed E-state index contributed by atoms with van der Waals surface area (Å²) < 4.78 is 2.25. The van der Waals surface area contributed by atoms with Crippen molar-refractivity contribution >= 4 is 51.4 Å². The van der Waals surface area contributed by atoms with Crippen LogP contribution in [0.2, 0.25) is 0 Å². The molecule has 5 heteroatoms. The van der Waals surface area contributed by atoms with Crippen LogP contribution in [0.1, 0.15) is 15.2 Å². The first-order chi connectivity index (χ1) is 6.11. The van der Waals surface area contributed by atoms with Gasteiger partial charge in [-0.25, -0.2) is 4.79 Å². The van der Waals surface area contributed by atoms with Crippen LogP contribution in [0.4, 0.5) is 0 Å². The van der Waals surface area contributed by atoms with Crippen LogP contribution in [0.5, 0.6) is 0 Å². The summed E-state index contributed by atoms with van der Waals surface area (Å²) in [4.78, 5) is 11.3. The fourth-order valence-electron chi connectivity index (χ4n) is 1.30. The van der Waals surface area contributed by atoms with E-state index >= 15 is 0 Å². The van der Waals surface area contributed by atoms with Gasteiger partial charge in [-0.2, -0.15) is 0 Å². The van der Waals surface area contributed by atoms with E-state index in [9.17, 15) is 4.79 Å². The molecule has 2 rings (SSSR count). The van der Waals surface area contributed by atoms with Gasteiger partial charge in [-0.1, -0.05) is 5.46 Å². The van der Waals surface area contributed by atoms with Crippen LogP contribution < -0.4 is 5.46 Å². The van der Waals surface area contributed by atoms with E-state index in [1.165, 1.54) is 16.8 Å². The lowest BCUT2D eigenvalue weighted by Crippen LogP contribution is -1.95. The molecule has 0 unspecified atom stereocenters. The minimum atomic E-state index is -0.815. The Kier molecular flexibility index (Phi) is 1.93. The molecule has 0 aromatic carbocycles. The third kappa shape index (κ3) is 1.19. The van der Waals surface area contributed by atoms with Gasteiger partial charge in [0.2, 0.25) is 0 Å². The van der Waals surface area contributed by atoms with Crippen LogP contribution in [-0.4, -0.2) is 18.9 Å². The predicted molar refractivity (Wildman–Crippen MR) is 59.6 cm³/mol. The summed E-state index contributed by atoms with van der Waals surface area (Å²) in [5.41, 5.74) is 2.09. The maximum absolute atomic E-state index is 10.8. The van der Waals surface area contributed by atoms with E-state index in [-0.39, 0.29) is 0 Å². The van der Waals surface area contributed by atoms with Crippen molar-refractivity contribution in [2.75, 3.05) is 0 Å². The van der Waals surface area contributed by atoms with Crippen LogP contribution in [0.15, 0.2) is 5.38 Å². The molecule has 0 fully saturated rings. The Bertz CT molecular complexity index is 484. The largest absolute Gasteiger partial charge is 0.477 e. The van der Waals surface area contributed by atoms with Gasteiger partial charge in [-0.05, 0) is 17.9 Å². The molecule has 2 aromatic heterocycles. The lowest BCUT2D eigenvalue weighted by Gasteiger charge is -1.88. The summed E-state index contributed by atoms with van der Waals surface area (Å²) in [6.07, 6.45) is 0. The average Bonchev–Trinajstić information content (AvgIpc) is 2.55. The Morgan fingerprint density at radius 1 is 1.54 bits per heavy atom. The molecule has 0 spiro atoms. The molecule has 0 saturated carbocycles. The molecule has 0 saturated heterocycles. The fraction of sp³-hybridized carbons (Fsp3) is 0.125. The van der Waals surface area contributed by atoms with Crippen LogP contribution in [0.25, 0.3) is 9.40 Å². The smallest absolute Gasteiger partial charge is 0.346 e. The zero-order chi connectivity index (χ0) is 9.59. The number of carboxylic acids is 1. The van der Waals surface area contributed by atoms with Crippen molar-refractivity contribution in [1.82, 2.24) is 0 Å². The molecule has 0 radical (unpaired) electrons. The molecule has 0 aliphatic heterocycles. The lowest BCUT2D eigenvalue weighted by atomic mass is 10.0. The summed E-state index contributed by atoms with van der Waals surface area (Å²) in [6.45, 7) is 1.87. The van der Waals surface area contributed by atoms with Crippen LogP contribution in [-0.2, 0) is 0 Å². The number of thiophene rings is 2. The highest BCUT2D eigenvalue weighted by molar-refractivity contribution is 7.29. The van der Waals surface area contributed by atoms with Gasteiger partial charge in [0, 0.05) is 9.40 Å². The summed E-state index contributed by atoms with van der Waals surface area (Å²) in [5, 5.41) is 11.0. The minimum absolute atomic E-state index is 0.477. The number of fused-ring (bicyclic) bond motifs is 1. The number of rotatable bonds is 1. The Labute approximate surface area is 84.2 Å². The first-order valence-corrected chi connectivity index (χ1v) is 5.51. The maximum atomic E-state index is 10.8. The number of carbonyl (C=O) groups is 1. The minimum Gasteiger partial charge on any atom is -0.477 e. The number of hydrogen-bond donors (Lipinski definition) is 1. The van der Waals surface area contributed by atoms with E-state index in [1.54, 1.807) is 11.3 Å². The van der Waals surface area contributed by atoms with Crippen molar-refractivity contribution in [2.45, 2.75) is 6.92 Å². The highest BCUT2D eigenvalue weighted by Crippen LogP contribution is 2.32. The van der Waals surface area contributed by atoms with E-state index in [0.29, 0.717) is 4.88 Å². The third-order valence-corrected chi connectivity index (χ3v) is 4.76. The Morgan fingerprint density at radius 2 is 2.23 bits per heavy atom. The molecular formula is C8H7BO2S2. The number of aromatic carboxylic acids is 1. The lowest BCUT2D eigenvalue weighted by molar-refractivity contribution is 0.0701.